The predicted octanol–water partition coefficient (Wildman–Crippen LogP) is 9.01. The molecule has 0 heterocycles. The summed E-state index contributed by atoms with van der Waals surface area (Å²) in [6.45, 7) is 7.20. The van der Waals surface area contributed by atoms with Crippen LogP contribution in [-0.4, -0.2) is 17.7 Å². The van der Waals surface area contributed by atoms with E-state index >= 15 is 0 Å². The van der Waals surface area contributed by atoms with E-state index in [1.165, 1.54) is 42.4 Å². The lowest BCUT2D eigenvalue weighted by molar-refractivity contribution is -0.137. The van der Waals surface area contributed by atoms with E-state index in [1.54, 1.807) is 0 Å². The highest BCUT2D eigenvalue weighted by atomic mass is 35.5. The number of carboxylic acid groups (broad SMARTS) is 1. The van der Waals surface area contributed by atoms with Gasteiger partial charge in [-0.15, -0.1) is 0 Å². The summed E-state index contributed by atoms with van der Waals surface area (Å²) >= 11 is 12.9. The first-order valence-electron chi connectivity index (χ1n) is 12.7. The molecule has 1 N–H and O–H groups in total. The van der Waals surface area contributed by atoms with Gasteiger partial charge in [0.1, 0.15) is 0 Å². The molecule has 2 aromatic rings. The maximum absolute atomic E-state index is 10.7. The van der Waals surface area contributed by atoms with Gasteiger partial charge in [-0.25, -0.2) is 0 Å². The molecule has 0 spiro atoms. The molecule has 0 aliphatic carbocycles. The third-order valence-corrected chi connectivity index (χ3v) is 7.04. The van der Waals surface area contributed by atoms with Crippen LogP contribution in [0.1, 0.15) is 87.0 Å². The third kappa shape index (κ3) is 10.3. The van der Waals surface area contributed by atoms with Crippen LogP contribution in [-0.2, 0) is 17.6 Å². The van der Waals surface area contributed by atoms with Crippen LogP contribution in [0.2, 0.25) is 10.0 Å². The van der Waals surface area contributed by atoms with E-state index < -0.39 is 5.97 Å². The third-order valence-electron chi connectivity index (χ3n) is 6.48. The van der Waals surface area contributed by atoms with Crippen LogP contribution in [0.3, 0.4) is 0 Å². The molecule has 0 fully saturated rings. The van der Waals surface area contributed by atoms with Gasteiger partial charge in [-0.3, -0.25) is 4.79 Å². The second kappa shape index (κ2) is 15.3. The number of ether oxygens (including phenoxy) is 1. The lowest BCUT2D eigenvalue weighted by Gasteiger charge is -2.18. The average molecular weight is 508 g/mol. The summed E-state index contributed by atoms with van der Waals surface area (Å²) in [5.74, 6) is 0.437. The molecular formula is C29H40Cl2O3. The molecule has 0 radical (unpaired) electrons. The summed E-state index contributed by atoms with van der Waals surface area (Å²) in [6.07, 6.45) is 10.6. The summed E-state index contributed by atoms with van der Waals surface area (Å²) in [5.41, 5.74) is 5.15. The highest BCUT2D eigenvalue weighted by Crippen LogP contribution is 2.35. The Bertz CT molecular complexity index is 887. The Kier molecular flexibility index (Phi) is 12.9. The van der Waals surface area contributed by atoms with Gasteiger partial charge in [0, 0.05) is 6.42 Å². The normalized spacial score (nSPS) is 12.0. The first kappa shape index (κ1) is 28.5. The summed E-state index contributed by atoms with van der Waals surface area (Å²) < 4.78 is 6.00. The van der Waals surface area contributed by atoms with Gasteiger partial charge in [0.05, 0.1) is 16.7 Å². The second-order valence-electron chi connectivity index (χ2n) is 9.46. The highest BCUT2D eigenvalue weighted by Gasteiger charge is 2.13. The van der Waals surface area contributed by atoms with Gasteiger partial charge in [0.2, 0.25) is 0 Å². The molecule has 5 heteroatoms. The Labute approximate surface area is 215 Å². The number of halogens is 2. The van der Waals surface area contributed by atoms with Gasteiger partial charge in [0.25, 0.3) is 0 Å². The zero-order valence-corrected chi connectivity index (χ0v) is 22.5. The summed E-state index contributed by atoms with van der Waals surface area (Å²) in [6, 6.07) is 10.6. The van der Waals surface area contributed by atoms with Crippen molar-refractivity contribution in [3.8, 4) is 5.75 Å². The lowest BCUT2D eigenvalue weighted by Crippen LogP contribution is -2.08. The quantitative estimate of drug-likeness (QED) is 0.231. The summed E-state index contributed by atoms with van der Waals surface area (Å²) in [5, 5.41) is 9.81. The van der Waals surface area contributed by atoms with Crippen molar-refractivity contribution in [1.29, 1.82) is 0 Å². The van der Waals surface area contributed by atoms with Crippen LogP contribution < -0.4 is 4.74 Å². The molecule has 0 aromatic heterocycles. The van der Waals surface area contributed by atoms with Gasteiger partial charge >= 0.3 is 5.97 Å². The number of benzene rings is 2. The minimum Gasteiger partial charge on any atom is -0.490 e. The smallest absolute Gasteiger partial charge is 0.303 e. The van der Waals surface area contributed by atoms with E-state index in [9.17, 15) is 4.79 Å². The fraction of sp³-hybridized carbons (Fsp3) is 0.552. The van der Waals surface area contributed by atoms with Crippen molar-refractivity contribution in [1.82, 2.24) is 0 Å². The van der Waals surface area contributed by atoms with E-state index in [2.05, 4.69) is 39.0 Å². The van der Waals surface area contributed by atoms with Crippen molar-refractivity contribution in [2.24, 2.45) is 5.92 Å². The fourth-order valence-electron chi connectivity index (χ4n) is 4.34. The van der Waals surface area contributed by atoms with E-state index in [-0.39, 0.29) is 6.42 Å². The molecule has 2 rings (SSSR count). The first-order valence-corrected chi connectivity index (χ1v) is 13.4. The van der Waals surface area contributed by atoms with Crippen molar-refractivity contribution >= 4 is 29.2 Å². The van der Waals surface area contributed by atoms with E-state index in [0.717, 1.165) is 37.7 Å². The topological polar surface area (TPSA) is 46.5 Å². The Hall–Kier alpha value is -1.71. The maximum Gasteiger partial charge on any atom is 0.303 e. The van der Waals surface area contributed by atoms with Gasteiger partial charge < -0.3 is 9.84 Å². The van der Waals surface area contributed by atoms with Crippen LogP contribution in [0.5, 0.6) is 5.75 Å². The molecule has 0 amide bonds. The standard InChI is InChI=1S/C29H40Cl2O3/c1-4-5-6-10-23(18-25-15-14-21(2)22(3)17-25)12-9-16-34-29-26(30)19-24(20-27(29)31)11-7-8-13-28(32)33/h14-15,17,19-20,23H,4-13,16,18H2,1-3H3,(H,32,33). The molecule has 0 aliphatic heterocycles. The molecule has 0 bridgehead atoms. The number of aryl methyl sites for hydroxylation is 3. The molecule has 1 unspecified atom stereocenters. The van der Waals surface area contributed by atoms with Crippen molar-refractivity contribution < 1.29 is 14.6 Å². The van der Waals surface area contributed by atoms with Gasteiger partial charge in [-0.05, 0) is 92.7 Å². The van der Waals surface area contributed by atoms with Crippen LogP contribution in [0.25, 0.3) is 0 Å². The number of hydrogen-bond donors (Lipinski definition) is 1. The zero-order chi connectivity index (χ0) is 24.9. The van der Waals surface area contributed by atoms with Crippen molar-refractivity contribution in [2.75, 3.05) is 6.61 Å². The zero-order valence-electron chi connectivity index (χ0n) is 21.0. The van der Waals surface area contributed by atoms with Crippen LogP contribution in [0.4, 0.5) is 0 Å². The summed E-state index contributed by atoms with van der Waals surface area (Å²) in [4.78, 5) is 10.7. The number of unbranched alkanes of at least 4 members (excludes halogenated alkanes) is 3. The molecule has 188 valence electrons. The van der Waals surface area contributed by atoms with E-state index in [4.69, 9.17) is 33.0 Å². The predicted molar refractivity (Wildman–Crippen MR) is 144 cm³/mol. The number of carboxylic acids is 1. The number of carbonyl (C=O) groups is 1. The molecule has 0 saturated heterocycles. The van der Waals surface area contributed by atoms with Gasteiger partial charge in [-0.1, -0.05) is 74.0 Å². The molecule has 3 nitrogen and oxygen atoms in total. The fourth-order valence-corrected chi connectivity index (χ4v) is 4.98. The van der Waals surface area contributed by atoms with Gasteiger partial charge in [-0.2, -0.15) is 0 Å². The van der Waals surface area contributed by atoms with Crippen LogP contribution in [0, 0.1) is 19.8 Å². The largest absolute Gasteiger partial charge is 0.490 e. The van der Waals surface area contributed by atoms with Crippen molar-refractivity contribution in [2.45, 2.75) is 91.4 Å². The molecule has 1 atom stereocenters. The molecule has 0 aliphatic rings. The van der Waals surface area contributed by atoms with Crippen molar-refractivity contribution in [3.63, 3.8) is 0 Å². The first-order chi connectivity index (χ1) is 16.3. The monoisotopic (exact) mass is 506 g/mol. The number of hydrogen-bond acceptors (Lipinski definition) is 2. The molecule has 0 saturated carbocycles. The lowest BCUT2D eigenvalue weighted by atomic mass is 9.89. The maximum atomic E-state index is 10.7. The molecule has 34 heavy (non-hydrogen) atoms. The Balaban J connectivity index is 1.87. The Morgan fingerprint density at radius 3 is 2.26 bits per heavy atom. The van der Waals surface area contributed by atoms with E-state index in [1.807, 2.05) is 12.1 Å². The number of rotatable bonds is 16. The van der Waals surface area contributed by atoms with Gasteiger partial charge in [0.15, 0.2) is 5.75 Å². The molecular weight excluding hydrogens is 467 g/mol. The Morgan fingerprint density at radius 2 is 1.62 bits per heavy atom. The van der Waals surface area contributed by atoms with Crippen LogP contribution in [0.15, 0.2) is 30.3 Å². The number of aliphatic carboxylic acids is 1. The second-order valence-corrected chi connectivity index (χ2v) is 10.3. The summed E-state index contributed by atoms with van der Waals surface area (Å²) in [7, 11) is 0. The van der Waals surface area contributed by atoms with Crippen LogP contribution >= 0.6 is 23.2 Å². The minimum absolute atomic E-state index is 0.186. The minimum atomic E-state index is -0.763. The average Bonchev–Trinajstić information content (AvgIpc) is 2.78. The Morgan fingerprint density at radius 1 is 0.912 bits per heavy atom. The van der Waals surface area contributed by atoms with E-state index in [0.29, 0.717) is 34.7 Å². The van der Waals surface area contributed by atoms with Crippen molar-refractivity contribution in [3.05, 3.63) is 62.6 Å². The molecule has 2 aromatic carbocycles. The highest BCUT2D eigenvalue weighted by molar-refractivity contribution is 6.37. The SMILES string of the molecule is CCCCCC(CCCOc1c(Cl)cc(CCCCC(=O)O)cc1Cl)Cc1ccc(C)c(C)c1.